The molecule has 0 aliphatic carbocycles. The van der Waals surface area contributed by atoms with E-state index >= 15 is 0 Å². The van der Waals surface area contributed by atoms with E-state index in [9.17, 15) is 9.59 Å². The Bertz CT molecular complexity index is 994. The molecule has 0 fully saturated rings. The molecule has 0 bridgehead atoms. The molecule has 0 N–H and O–H groups in total. The summed E-state index contributed by atoms with van der Waals surface area (Å²) in [6.45, 7) is 3.50. The number of amides is 2. The molecule has 2 amide bonds. The molecule has 2 aromatic carbocycles. The Kier molecular flexibility index (Phi) is 9.78. The van der Waals surface area contributed by atoms with Crippen LogP contribution >= 0.6 is 22.9 Å². The molecule has 0 radical (unpaired) electrons. The van der Waals surface area contributed by atoms with Crippen LogP contribution < -0.4 is 4.74 Å². The van der Waals surface area contributed by atoms with Crippen molar-refractivity contribution in [1.82, 2.24) is 9.80 Å². The first-order valence-electron chi connectivity index (χ1n) is 11.1. The monoisotopic (exact) mass is 484 g/mol. The fourth-order valence-corrected chi connectivity index (χ4v) is 4.14. The molecule has 5 nitrogen and oxygen atoms in total. The Morgan fingerprint density at radius 3 is 2.33 bits per heavy atom. The van der Waals surface area contributed by atoms with Crippen molar-refractivity contribution in [3.63, 3.8) is 0 Å². The second-order valence-electron chi connectivity index (χ2n) is 7.73. The van der Waals surface area contributed by atoms with E-state index in [2.05, 4.69) is 6.92 Å². The minimum atomic E-state index is -0.206. The molecule has 7 heteroatoms. The van der Waals surface area contributed by atoms with Crippen molar-refractivity contribution < 1.29 is 14.3 Å². The number of nitrogens with zero attached hydrogens (tertiary/aromatic N) is 2. The van der Waals surface area contributed by atoms with Crippen LogP contribution in [-0.4, -0.2) is 41.3 Å². The summed E-state index contributed by atoms with van der Waals surface area (Å²) >= 11 is 7.53. The van der Waals surface area contributed by atoms with Gasteiger partial charge < -0.3 is 14.5 Å². The molecular formula is C26H29ClN2O3S. The summed E-state index contributed by atoms with van der Waals surface area (Å²) in [6.07, 6.45) is 1.75. The summed E-state index contributed by atoms with van der Waals surface area (Å²) < 4.78 is 5.63. The highest BCUT2D eigenvalue weighted by atomic mass is 35.5. The van der Waals surface area contributed by atoms with Gasteiger partial charge in [-0.05, 0) is 47.7 Å². The minimum Gasteiger partial charge on any atom is -0.484 e. The molecule has 1 heterocycles. The summed E-state index contributed by atoms with van der Waals surface area (Å²) in [5.41, 5.74) is 1.06. The predicted octanol–water partition coefficient (Wildman–Crippen LogP) is 5.64. The number of carbonyl (C=O) groups excluding carboxylic acids is 2. The summed E-state index contributed by atoms with van der Waals surface area (Å²) in [4.78, 5) is 30.8. The Labute approximate surface area is 204 Å². The quantitative estimate of drug-likeness (QED) is 0.334. The Morgan fingerprint density at radius 2 is 1.67 bits per heavy atom. The van der Waals surface area contributed by atoms with Gasteiger partial charge in [0.1, 0.15) is 5.75 Å². The maximum Gasteiger partial charge on any atom is 0.260 e. The Morgan fingerprint density at radius 1 is 0.909 bits per heavy atom. The van der Waals surface area contributed by atoms with Gasteiger partial charge in [0, 0.05) is 23.0 Å². The molecule has 0 spiro atoms. The van der Waals surface area contributed by atoms with Gasteiger partial charge in [-0.15, -0.1) is 11.3 Å². The van der Waals surface area contributed by atoms with Crippen molar-refractivity contribution >= 4 is 34.8 Å². The third kappa shape index (κ3) is 8.22. The number of benzene rings is 2. The molecule has 1 aromatic heterocycles. The number of carbonyl (C=O) groups is 2. The van der Waals surface area contributed by atoms with Crippen molar-refractivity contribution in [2.24, 2.45) is 0 Å². The van der Waals surface area contributed by atoms with E-state index in [4.69, 9.17) is 16.3 Å². The van der Waals surface area contributed by atoms with Crippen LogP contribution in [0.25, 0.3) is 0 Å². The van der Waals surface area contributed by atoms with Crippen LogP contribution in [0.15, 0.2) is 72.1 Å². The third-order valence-electron chi connectivity index (χ3n) is 5.13. The van der Waals surface area contributed by atoms with Crippen LogP contribution in [0.3, 0.4) is 0 Å². The molecule has 0 unspecified atom stereocenters. The van der Waals surface area contributed by atoms with Gasteiger partial charge >= 0.3 is 0 Å². The zero-order valence-electron chi connectivity index (χ0n) is 18.8. The number of ether oxygens (including phenoxy) is 1. The fourth-order valence-electron chi connectivity index (χ4n) is 3.30. The van der Waals surface area contributed by atoms with Crippen molar-refractivity contribution in [3.8, 4) is 5.75 Å². The van der Waals surface area contributed by atoms with Gasteiger partial charge in [0.25, 0.3) is 5.91 Å². The van der Waals surface area contributed by atoms with Crippen LogP contribution in [0.4, 0.5) is 0 Å². The molecular weight excluding hydrogens is 456 g/mol. The third-order valence-corrected chi connectivity index (χ3v) is 6.25. The van der Waals surface area contributed by atoms with E-state index in [1.807, 2.05) is 52.7 Å². The Balaban J connectivity index is 1.67. The van der Waals surface area contributed by atoms with Gasteiger partial charge in [0.15, 0.2) is 6.61 Å². The average molecular weight is 485 g/mol. The molecule has 3 rings (SSSR count). The fraction of sp³-hybridized carbons (Fsp3) is 0.308. The summed E-state index contributed by atoms with van der Waals surface area (Å²) in [7, 11) is 0. The molecule has 3 aromatic rings. The normalized spacial score (nSPS) is 10.6. The SMILES string of the molecule is CCCCN(CC(=O)N(Cc1ccccc1)Cc1cccs1)C(=O)COc1ccc(Cl)cc1. The number of halogens is 1. The van der Waals surface area contributed by atoms with Crippen molar-refractivity contribution in [3.05, 3.63) is 87.6 Å². The first kappa shape index (κ1) is 24.8. The van der Waals surface area contributed by atoms with E-state index in [-0.39, 0.29) is 25.0 Å². The van der Waals surface area contributed by atoms with Gasteiger partial charge in [0.2, 0.25) is 5.91 Å². The predicted molar refractivity (Wildman–Crippen MR) is 133 cm³/mol. The van der Waals surface area contributed by atoms with Gasteiger partial charge in [-0.1, -0.05) is 61.3 Å². The Hall–Kier alpha value is -2.83. The zero-order chi connectivity index (χ0) is 23.5. The lowest BCUT2D eigenvalue weighted by Crippen LogP contribution is -2.44. The smallest absolute Gasteiger partial charge is 0.260 e. The van der Waals surface area contributed by atoms with Crippen LogP contribution in [-0.2, 0) is 22.7 Å². The standard InChI is InChI=1S/C26H29ClN2O3S/c1-2-3-15-28(26(31)20-32-23-13-11-22(27)12-14-23)19-25(30)29(18-24-10-7-16-33-24)17-21-8-5-4-6-9-21/h4-14,16H,2-3,15,17-20H2,1H3. The summed E-state index contributed by atoms with van der Waals surface area (Å²) in [5.74, 6) is 0.281. The molecule has 0 atom stereocenters. The van der Waals surface area contributed by atoms with Crippen LogP contribution in [0.1, 0.15) is 30.2 Å². The largest absolute Gasteiger partial charge is 0.484 e. The van der Waals surface area contributed by atoms with Crippen molar-refractivity contribution in [2.75, 3.05) is 19.7 Å². The summed E-state index contributed by atoms with van der Waals surface area (Å²) in [5, 5.41) is 2.61. The number of hydrogen-bond acceptors (Lipinski definition) is 4. The topological polar surface area (TPSA) is 49.9 Å². The average Bonchev–Trinajstić information content (AvgIpc) is 3.34. The van der Waals surface area contributed by atoms with Crippen LogP contribution in [0.2, 0.25) is 5.02 Å². The van der Waals surface area contributed by atoms with E-state index in [1.165, 1.54) is 0 Å². The van der Waals surface area contributed by atoms with Gasteiger partial charge in [-0.25, -0.2) is 0 Å². The highest BCUT2D eigenvalue weighted by Gasteiger charge is 2.22. The summed E-state index contributed by atoms with van der Waals surface area (Å²) in [6, 6.07) is 20.8. The molecule has 0 saturated heterocycles. The van der Waals surface area contributed by atoms with E-state index < -0.39 is 0 Å². The minimum absolute atomic E-state index is 0.0288. The number of hydrogen-bond donors (Lipinski definition) is 0. The van der Waals surface area contributed by atoms with E-state index in [0.29, 0.717) is 30.4 Å². The molecule has 0 aliphatic heterocycles. The zero-order valence-corrected chi connectivity index (χ0v) is 20.4. The molecule has 174 valence electrons. The van der Waals surface area contributed by atoms with Gasteiger partial charge in [-0.3, -0.25) is 9.59 Å². The number of unbranched alkanes of at least 4 members (excludes halogenated alkanes) is 1. The van der Waals surface area contributed by atoms with E-state index in [0.717, 1.165) is 23.3 Å². The number of rotatable bonds is 12. The van der Waals surface area contributed by atoms with Crippen LogP contribution in [0, 0.1) is 0 Å². The second-order valence-corrected chi connectivity index (χ2v) is 9.19. The second kappa shape index (κ2) is 13.0. The first-order valence-corrected chi connectivity index (χ1v) is 12.3. The highest BCUT2D eigenvalue weighted by Crippen LogP contribution is 2.17. The first-order chi connectivity index (χ1) is 16.0. The number of thiophene rings is 1. The maximum atomic E-state index is 13.3. The van der Waals surface area contributed by atoms with Crippen molar-refractivity contribution in [2.45, 2.75) is 32.9 Å². The molecule has 33 heavy (non-hydrogen) atoms. The van der Waals surface area contributed by atoms with Crippen LogP contribution in [0.5, 0.6) is 5.75 Å². The lowest BCUT2D eigenvalue weighted by atomic mass is 10.2. The highest BCUT2D eigenvalue weighted by molar-refractivity contribution is 7.09. The van der Waals surface area contributed by atoms with Crippen molar-refractivity contribution in [1.29, 1.82) is 0 Å². The van der Waals surface area contributed by atoms with Gasteiger partial charge in [0.05, 0.1) is 13.1 Å². The molecule has 0 saturated carbocycles. The van der Waals surface area contributed by atoms with E-state index in [1.54, 1.807) is 40.5 Å². The molecule has 0 aliphatic rings. The lowest BCUT2D eigenvalue weighted by molar-refractivity contribution is -0.142. The lowest BCUT2D eigenvalue weighted by Gasteiger charge is -2.27. The van der Waals surface area contributed by atoms with Gasteiger partial charge in [-0.2, -0.15) is 0 Å². The maximum absolute atomic E-state index is 13.3.